The minimum atomic E-state index is 0.562. The van der Waals surface area contributed by atoms with Crippen molar-refractivity contribution in [3.05, 3.63) is 12.3 Å². The Morgan fingerprint density at radius 2 is 2.38 bits per heavy atom. The summed E-state index contributed by atoms with van der Waals surface area (Å²) >= 11 is 0. The van der Waals surface area contributed by atoms with Crippen LogP contribution in [0.1, 0.15) is 6.92 Å². The molecule has 0 saturated heterocycles. The predicted molar refractivity (Wildman–Crippen MR) is 32.5 cm³/mol. The minimum Gasteiger partial charge on any atom is -0.319 e. The van der Waals surface area contributed by atoms with E-state index < -0.39 is 0 Å². The number of carbonyl (C=O) groups excluding carboxylic acids is 1. The molecule has 0 aliphatic rings. The lowest BCUT2D eigenvalue weighted by Gasteiger charge is -1.76. The van der Waals surface area contributed by atoms with Crippen molar-refractivity contribution in [1.82, 2.24) is 5.32 Å². The number of hydrogen-bond donors (Lipinski definition) is 1. The number of rotatable bonds is 3. The first-order valence-electron chi connectivity index (χ1n) is 2.24. The molecule has 0 aliphatic carbocycles. The highest BCUT2D eigenvalue weighted by atomic mass is 16.1. The van der Waals surface area contributed by atoms with Crippen molar-refractivity contribution < 1.29 is 4.79 Å². The van der Waals surface area contributed by atoms with Crippen LogP contribution in [0, 0.1) is 0 Å². The number of hydrogen-bond acceptors (Lipinski definition) is 2. The Hall–Kier alpha value is -1.12. The van der Waals surface area contributed by atoms with Crippen molar-refractivity contribution >= 4 is 12.7 Å². The molecule has 0 unspecified atom stereocenters. The Kier molecular flexibility index (Phi) is 5.06. The molecule has 0 fully saturated rings. The summed E-state index contributed by atoms with van der Waals surface area (Å²) in [5, 5.41) is 2.26. The van der Waals surface area contributed by atoms with Gasteiger partial charge in [-0.05, 0) is 6.92 Å². The third kappa shape index (κ3) is 4.88. The van der Waals surface area contributed by atoms with E-state index in [0.717, 1.165) is 0 Å². The van der Waals surface area contributed by atoms with Crippen molar-refractivity contribution in [1.29, 1.82) is 0 Å². The molecule has 8 heavy (non-hydrogen) atoms. The molecular weight excluding hydrogens is 104 g/mol. The molecule has 0 rings (SSSR count). The highest BCUT2D eigenvalue weighted by molar-refractivity contribution is 5.71. The maximum atomic E-state index is 9.54. The summed E-state index contributed by atoms with van der Waals surface area (Å²) in [6, 6.07) is 0. The van der Waals surface area contributed by atoms with Crippen LogP contribution in [-0.4, -0.2) is 12.7 Å². The van der Waals surface area contributed by atoms with Crippen LogP contribution < -0.4 is 5.32 Å². The van der Waals surface area contributed by atoms with E-state index in [1.165, 1.54) is 6.34 Å². The summed E-state index contributed by atoms with van der Waals surface area (Å²) in [4.78, 5) is 13.2. The van der Waals surface area contributed by atoms with Gasteiger partial charge in [-0.2, -0.15) is 0 Å². The molecule has 3 heteroatoms. The average molecular weight is 112 g/mol. The summed E-state index contributed by atoms with van der Waals surface area (Å²) in [6.45, 7) is 1.85. The maximum absolute atomic E-state index is 9.54. The van der Waals surface area contributed by atoms with Crippen molar-refractivity contribution in [2.45, 2.75) is 6.92 Å². The fraction of sp³-hybridized carbons (Fsp3) is 0.200. The Bertz CT molecular complexity index is 107. The van der Waals surface area contributed by atoms with Crippen LogP contribution in [0.2, 0.25) is 0 Å². The zero-order chi connectivity index (χ0) is 6.24. The van der Waals surface area contributed by atoms with Crippen LogP contribution in [0.3, 0.4) is 0 Å². The second-order valence-electron chi connectivity index (χ2n) is 1.05. The third-order valence-electron chi connectivity index (χ3n) is 0.452. The van der Waals surface area contributed by atoms with Crippen LogP contribution in [0.4, 0.5) is 0 Å². The SMILES string of the molecule is C/C=C\N=CNC=O. The normalized spacial score (nSPS) is 10.6. The molecular formula is C5H8N2O. The molecule has 0 aromatic carbocycles. The molecule has 0 aromatic rings. The lowest BCUT2D eigenvalue weighted by Crippen LogP contribution is -2.05. The van der Waals surface area contributed by atoms with E-state index in [9.17, 15) is 4.79 Å². The third-order valence-corrected chi connectivity index (χ3v) is 0.452. The second kappa shape index (κ2) is 5.88. The Morgan fingerprint density at radius 1 is 1.62 bits per heavy atom. The first-order valence-corrected chi connectivity index (χ1v) is 2.24. The van der Waals surface area contributed by atoms with E-state index in [1.54, 1.807) is 12.3 Å². The maximum Gasteiger partial charge on any atom is 0.212 e. The van der Waals surface area contributed by atoms with Crippen LogP contribution in [0.25, 0.3) is 0 Å². The van der Waals surface area contributed by atoms with Gasteiger partial charge >= 0.3 is 0 Å². The lowest BCUT2D eigenvalue weighted by atomic mass is 10.7. The zero-order valence-electron chi connectivity index (χ0n) is 4.66. The quantitative estimate of drug-likeness (QED) is 0.318. The van der Waals surface area contributed by atoms with Gasteiger partial charge in [-0.3, -0.25) is 4.79 Å². The van der Waals surface area contributed by atoms with Crippen LogP contribution in [0.15, 0.2) is 17.3 Å². The summed E-state index contributed by atoms with van der Waals surface area (Å²) in [6.07, 6.45) is 5.22. The predicted octanol–water partition coefficient (Wildman–Crippen LogP) is 0.294. The molecule has 44 valence electrons. The van der Waals surface area contributed by atoms with Crippen molar-refractivity contribution in [2.24, 2.45) is 4.99 Å². The molecule has 1 N–H and O–H groups in total. The smallest absolute Gasteiger partial charge is 0.212 e. The van der Waals surface area contributed by atoms with E-state index in [0.29, 0.717) is 6.41 Å². The van der Waals surface area contributed by atoms with Gasteiger partial charge in [0.15, 0.2) is 0 Å². The fourth-order valence-corrected chi connectivity index (χ4v) is 0.203. The van der Waals surface area contributed by atoms with Crippen LogP contribution >= 0.6 is 0 Å². The van der Waals surface area contributed by atoms with Gasteiger partial charge in [-0.1, -0.05) is 6.08 Å². The van der Waals surface area contributed by atoms with Gasteiger partial charge in [0.2, 0.25) is 6.41 Å². The molecule has 0 bridgehead atoms. The van der Waals surface area contributed by atoms with Crippen molar-refractivity contribution in [3.8, 4) is 0 Å². The molecule has 0 aromatic heterocycles. The van der Waals surface area contributed by atoms with Gasteiger partial charge in [0.1, 0.15) is 0 Å². The highest BCUT2D eigenvalue weighted by Gasteiger charge is 1.60. The molecule has 3 nitrogen and oxygen atoms in total. The first kappa shape index (κ1) is 6.88. The first-order chi connectivity index (χ1) is 3.91. The van der Waals surface area contributed by atoms with E-state index >= 15 is 0 Å². The van der Waals surface area contributed by atoms with Gasteiger partial charge in [0.25, 0.3) is 0 Å². The molecule has 1 amide bonds. The van der Waals surface area contributed by atoms with Gasteiger partial charge in [-0.15, -0.1) is 0 Å². The van der Waals surface area contributed by atoms with E-state index in [4.69, 9.17) is 0 Å². The lowest BCUT2D eigenvalue weighted by molar-refractivity contribution is -0.108. The Morgan fingerprint density at radius 3 is 2.88 bits per heavy atom. The highest BCUT2D eigenvalue weighted by Crippen LogP contribution is 1.66. The molecule has 0 atom stereocenters. The Labute approximate surface area is 48.1 Å². The number of aliphatic imine (C=N–C) groups is 1. The molecule has 0 heterocycles. The number of nitrogens with one attached hydrogen (secondary N) is 1. The van der Waals surface area contributed by atoms with Gasteiger partial charge in [0, 0.05) is 6.20 Å². The molecule has 0 radical (unpaired) electrons. The summed E-state index contributed by atoms with van der Waals surface area (Å²) in [5.74, 6) is 0. The Balaban J connectivity index is 3.19. The van der Waals surface area contributed by atoms with E-state index in [2.05, 4.69) is 10.3 Å². The average Bonchev–Trinajstić information content (AvgIpc) is 1.81. The largest absolute Gasteiger partial charge is 0.319 e. The number of allylic oxidation sites excluding steroid dienone is 1. The second-order valence-corrected chi connectivity index (χ2v) is 1.05. The van der Waals surface area contributed by atoms with Crippen LogP contribution in [-0.2, 0) is 4.79 Å². The zero-order valence-corrected chi connectivity index (χ0v) is 4.66. The molecule has 0 aliphatic heterocycles. The summed E-state index contributed by atoms with van der Waals surface area (Å²) < 4.78 is 0. The van der Waals surface area contributed by atoms with Gasteiger partial charge < -0.3 is 5.32 Å². The van der Waals surface area contributed by atoms with Crippen LogP contribution in [0.5, 0.6) is 0 Å². The fourth-order valence-electron chi connectivity index (χ4n) is 0.203. The number of carbonyl (C=O) groups is 1. The van der Waals surface area contributed by atoms with E-state index in [-0.39, 0.29) is 0 Å². The van der Waals surface area contributed by atoms with Gasteiger partial charge in [0.05, 0.1) is 6.34 Å². The van der Waals surface area contributed by atoms with E-state index in [1.807, 2.05) is 6.92 Å². The standard InChI is InChI=1S/C5H8N2O/c1-2-3-6-4-7-5-8/h2-5H,1H3,(H,6,7,8)/b3-2-. The monoisotopic (exact) mass is 112 g/mol. The number of amides is 1. The summed E-state index contributed by atoms with van der Waals surface area (Å²) in [5.41, 5.74) is 0. The summed E-state index contributed by atoms with van der Waals surface area (Å²) in [7, 11) is 0. The van der Waals surface area contributed by atoms with Crippen molar-refractivity contribution in [2.75, 3.05) is 0 Å². The molecule has 0 saturated carbocycles. The molecule has 0 spiro atoms. The van der Waals surface area contributed by atoms with Crippen molar-refractivity contribution in [3.63, 3.8) is 0 Å². The number of nitrogens with zero attached hydrogens (tertiary/aromatic N) is 1. The topological polar surface area (TPSA) is 41.5 Å². The minimum absolute atomic E-state index is 0.562. The van der Waals surface area contributed by atoms with Gasteiger partial charge in [-0.25, -0.2) is 4.99 Å².